The summed E-state index contributed by atoms with van der Waals surface area (Å²) in [5.41, 5.74) is 2.75. The smallest absolute Gasteiger partial charge is 0.258 e. The Labute approximate surface area is 194 Å². The van der Waals surface area contributed by atoms with Crippen LogP contribution in [0.15, 0.2) is 47.4 Å². The minimum absolute atomic E-state index is 0.0789. The van der Waals surface area contributed by atoms with Crippen LogP contribution in [0.5, 0.6) is 11.5 Å². The third kappa shape index (κ3) is 4.15. The van der Waals surface area contributed by atoms with E-state index in [0.717, 1.165) is 6.54 Å². The van der Waals surface area contributed by atoms with Gasteiger partial charge in [0.2, 0.25) is 0 Å². The minimum Gasteiger partial charge on any atom is -0.493 e. The van der Waals surface area contributed by atoms with Gasteiger partial charge in [-0.3, -0.25) is 9.59 Å². The van der Waals surface area contributed by atoms with Crippen molar-refractivity contribution in [3.05, 3.63) is 64.1 Å². The van der Waals surface area contributed by atoms with Crippen molar-refractivity contribution >= 4 is 22.4 Å². The van der Waals surface area contributed by atoms with E-state index in [4.69, 9.17) is 9.47 Å². The van der Waals surface area contributed by atoms with E-state index in [1.165, 1.54) is 18.4 Å². The molecule has 0 aliphatic carbocycles. The first-order valence-electron chi connectivity index (χ1n) is 11.3. The third-order valence-corrected chi connectivity index (χ3v) is 6.44. The standard InChI is InChI=1S/C26H31N3O4/c1-6-27-16-22(20-13-23(32-4)24(33-5)14-21(20)25(27)30)26(31)28-11-12-29(18(3)15-28)19-9-7-17(2)8-10-19/h7-10,13-14,16,18H,6,11-12,15H2,1-5H3. The molecule has 1 saturated heterocycles. The number of hydrogen-bond acceptors (Lipinski definition) is 5. The van der Waals surface area contributed by atoms with Gasteiger partial charge in [0.25, 0.3) is 11.5 Å². The maximum absolute atomic E-state index is 13.7. The molecule has 1 aliphatic rings. The van der Waals surface area contributed by atoms with Gasteiger partial charge >= 0.3 is 0 Å². The molecule has 0 bridgehead atoms. The van der Waals surface area contributed by atoms with E-state index in [-0.39, 0.29) is 17.5 Å². The first kappa shape index (κ1) is 22.7. The molecule has 0 spiro atoms. The molecule has 1 fully saturated rings. The van der Waals surface area contributed by atoms with Crippen molar-refractivity contribution in [2.75, 3.05) is 38.8 Å². The van der Waals surface area contributed by atoms with Crippen LogP contribution in [0.1, 0.15) is 29.8 Å². The third-order valence-electron chi connectivity index (χ3n) is 6.44. The second-order valence-corrected chi connectivity index (χ2v) is 8.52. The topological polar surface area (TPSA) is 64.0 Å². The lowest BCUT2D eigenvalue weighted by molar-refractivity contribution is 0.0727. The van der Waals surface area contributed by atoms with Crippen molar-refractivity contribution in [1.29, 1.82) is 0 Å². The predicted molar refractivity (Wildman–Crippen MR) is 131 cm³/mol. The van der Waals surface area contributed by atoms with Crippen molar-refractivity contribution in [2.45, 2.75) is 33.4 Å². The molecule has 7 heteroatoms. The summed E-state index contributed by atoms with van der Waals surface area (Å²) < 4.78 is 12.4. The number of piperazine rings is 1. The average molecular weight is 450 g/mol. The highest BCUT2D eigenvalue weighted by Crippen LogP contribution is 2.33. The molecule has 0 radical (unpaired) electrons. The number of pyridine rings is 1. The largest absolute Gasteiger partial charge is 0.493 e. The van der Waals surface area contributed by atoms with Crippen LogP contribution in [0.3, 0.4) is 0 Å². The molecule has 2 heterocycles. The summed E-state index contributed by atoms with van der Waals surface area (Å²) in [6, 6.07) is 12.1. The lowest BCUT2D eigenvalue weighted by Gasteiger charge is -2.41. The van der Waals surface area contributed by atoms with Gasteiger partial charge in [-0.2, -0.15) is 0 Å². The van der Waals surface area contributed by atoms with Gasteiger partial charge in [0, 0.05) is 49.5 Å². The fourth-order valence-electron chi connectivity index (χ4n) is 4.56. The van der Waals surface area contributed by atoms with Crippen LogP contribution in [0.2, 0.25) is 0 Å². The summed E-state index contributed by atoms with van der Waals surface area (Å²) in [6.45, 7) is 8.54. The maximum Gasteiger partial charge on any atom is 0.258 e. The lowest BCUT2D eigenvalue weighted by Crippen LogP contribution is -2.54. The van der Waals surface area contributed by atoms with E-state index in [2.05, 4.69) is 43.0 Å². The van der Waals surface area contributed by atoms with Crippen LogP contribution in [0, 0.1) is 6.92 Å². The Balaban J connectivity index is 1.70. The molecule has 2 aromatic carbocycles. The number of amides is 1. The maximum atomic E-state index is 13.7. The zero-order valence-corrected chi connectivity index (χ0v) is 19.9. The zero-order valence-electron chi connectivity index (χ0n) is 19.9. The number of rotatable bonds is 5. The fourth-order valence-corrected chi connectivity index (χ4v) is 4.56. The van der Waals surface area contributed by atoms with Crippen LogP contribution in [0.4, 0.5) is 5.69 Å². The van der Waals surface area contributed by atoms with Crippen molar-refractivity contribution in [3.63, 3.8) is 0 Å². The van der Waals surface area contributed by atoms with Gasteiger partial charge in [0.15, 0.2) is 11.5 Å². The van der Waals surface area contributed by atoms with Gasteiger partial charge < -0.3 is 23.8 Å². The summed E-state index contributed by atoms with van der Waals surface area (Å²) in [6.07, 6.45) is 1.68. The Bertz CT molecular complexity index is 1230. The van der Waals surface area contributed by atoms with Gasteiger partial charge in [-0.25, -0.2) is 0 Å². The molecule has 33 heavy (non-hydrogen) atoms. The molecule has 1 aliphatic heterocycles. The number of aromatic nitrogens is 1. The number of fused-ring (bicyclic) bond motifs is 1. The quantitative estimate of drug-likeness (QED) is 0.594. The normalized spacial score (nSPS) is 16.2. The summed E-state index contributed by atoms with van der Waals surface area (Å²) in [5, 5.41) is 1.03. The van der Waals surface area contributed by atoms with Crippen molar-refractivity contribution in [1.82, 2.24) is 9.47 Å². The second kappa shape index (κ2) is 9.17. The Hall–Kier alpha value is -3.48. The molecule has 1 aromatic heterocycles. The van der Waals surface area contributed by atoms with Gasteiger partial charge in [-0.15, -0.1) is 0 Å². The highest BCUT2D eigenvalue weighted by Gasteiger charge is 2.29. The highest BCUT2D eigenvalue weighted by molar-refractivity contribution is 6.07. The van der Waals surface area contributed by atoms with Crippen LogP contribution in [-0.4, -0.2) is 55.3 Å². The van der Waals surface area contributed by atoms with E-state index in [1.54, 1.807) is 30.0 Å². The molecule has 1 unspecified atom stereocenters. The number of nitrogens with zero attached hydrogens (tertiary/aromatic N) is 3. The van der Waals surface area contributed by atoms with Gasteiger partial charge in [0.05, 0.1) is 25.2 Å². The SMILES string of the molecule is CCn1cc(C(=O)N2CCN(c3ccc(C)cc3)C(C)C2)c2cc(OC)c(OC)cc2c1=O. The molecular weight excluding hydrogens is 418 g/mol. The summed E-state index contributed by atoms with van der Waals surface area (Å²) in [7, 11) is 3.08. The molecule has 174 valence electrons. The van der Waals surface area contributed by atoms with E-state index < -0.39 is 0 Å². The van der Waals surface area contributed by atoms with Gasteiger partial charge in [0.1, 0.15) is 0 Å². The van der Waals surface area contributed by atoms with Gasteiger partial charge in [-0.1, -0.05) is 17.7 Å². The summed E-state index contributed by atoms with van der Waals surface area (Å²) >= 11 is 0. The fraction of sp³-hybridized carbons (Fsp3) is 0.385. The molecule has 1 atom stereocenters. The predicted octanol–water partition coefficient (Wildman–Crippen LogP) is 3.70. The van der Waals surface area contributed by atoms with Crippen LogP contribution in [-0.2, 0) is 6.54 Å². The summed E-state index contributed by atoms with van der Waals surface area (Å²) in [4.78, 5) is 30.9. The molecule has 4 rings (SSSR count). The summed E-state index contributed by atoms with van der Waals surface area (Å²) in [5.74, 6) is 0.879. The number of methoxy groups -OCH3 is 2. The number of carbonyl (C=O) groups is 1. The second-order valence-electron chi connectivity index (χ2n) is 8.52. The van der Waals surface area contributed by atoms with Crippen LogP contribution < -0.4 is 19.9 Å². The van der Waals surface area contributed by atoms with Crippen molar-refractivity contribution in [2.24, 2.45) is 0 Å². The zero-order chi connectivity index (χ0) is 23.7. The van der Waals surface area contributed by atoms with E-state index >= 15 is 0 Å². The molecule has 3 aromatic rings. The Kier molecular flexibility index (Phi) is 6.31. The molecule has 0 saturated carbocycles. The Morgan fingerprint density at radius 3 is 2.24 bits per heavy atom. The highest BCUT2D eigenvalue weighted by atomic mass is 16.5. The van der Waals surface area contributed by atoms with Crippen LogP contribution >= 0.6 is 0 Å². The number of anilines is 1. The molecular formula is C26H31N3O4. The molecule has 7 nitrogen and oxygen atoms in total. The average Bonchev–Trinajstić information content (AvgIpc) is 2.83. The number of benzene rings is 2. The lowest BCUT2D eigenvalue weighted by atomic mass is 10.0. The molecule has 0 N–H and O–H groups in total. The Morgan fingerprint density at radius 2 is 1.67 bits per heavy atom. The van der Waals surface area contributed by atoms with E-state index in [0.29, 0.717) is 47.5 Å². The number of carbonyl (C=O) groups excluding carboxylic acids is 1. The number of hydrogen-bond donors (Lipinski definition) is 0. The first-order chi connectivity index (χ1) is 15.9. The number of aryl methyl sites for hydroxylation is 2. The van der Waals surface area contributed by atoms with Crippen molar-refractivity contribution < 1.29 is 14.3 Å². The van der Waals surface area contributed by atoms with E-state index in [1.807, 2.05) is 11.8 Å². The van der Waals surface area contributed by atoms with Crippen molar-refractivity contribution in [3.8, 4) is 11.5 Å². The van der Waals surface area contributed by atoms with E-state index in [9.17, 15) is 9.59 Å². The first-order valence-corrected chi connectivity index (χ1v) is 11.3. The minimum atomic E-state index is -0.150. The monoisotopic (exact) mass is 449 g/mol. The number of ether oxygens (including phenoxy) is 2. The van der Waals surface area contributed by atoms with Crippen LogP contribution in [0.25, 0.3) is 10.8 Å². The Morgan fingerprint density at radius 1 is 1.03 bits per heavy atom. The molecule has 1 amide bonds. The van der Waals surface area contributed by atoms with Gasteiger partial charge in [-0.05, 0) is 45.0 Å².